The number of sulfone groups is 1. The fourth-order valence-corrected chi connectivity index (χ4v) is 4.42. The molecule has 1 aliphatic heterocycles. The lowest BCUT2D eigenvalue weighted by Gasteiger charge is -2.29. The van der Waals surface area contributed by atoms with Crippen molar-refractivity contribution in [2.75, 3.05) is 11.5 Å². The van der Waals surface area contributed by atoms with Gasteiger partial charge in [0, 0.05) is 19.0 Å². The molecule has 0 aliphatic carbocycles. The lowest BCUT2D eigenvalue weighted by Crippen LogP contribution is -2.41. The fourth-order valence-electron chi connectivity index (χ4n) is 2.69. The first kappa shape index (κ1) is 16.0. The van der Waals surface area contributed by atoms with E-state index in [0.717, 1.165) is 5.56 Å². The van der Waals surface area contributed by atoms with E-state index in [0.29, 0.717) is 19.4 Å². The third-order valence-electron chi connectivity index (χ3n) is 3.75. The number of nitrogens with zero attached hydrogens (tertiary/aromatic N) is 1. The summed E-state index contributed by atoms with van der Waals surface area (Å²) >= 11 is 0. The molecule has 0 N–H and O–H groups in total. The van der Waals surface area contributed by atoms with E-state index < -0.39 is 9.84 Å². The van der Waals surface area contributed by atoms with Crippen LogP contribution in [0.15, 0.2) is 30.3 Å². The second kappa shape index (κ2) is 6.60. The van der Waals surface area contributed by atoms with E-state index in [1.165, 1.54) is 0 Å². The van der Waals surface area contributed by atoms with Crippen LogP contribution < -0.4 is 0 Å². The highest BCUT2D eigenvalue weighted by Gasteiger charge is 2.34. The Bertz CT molecular complexity index is 581. The molecule has 1 heterocycles. The van der Waals surface area contributed by atoms with Crippen LogP contribution >= 0.6 is 0 Å². The van der Waals surface area contributed by atoms with Crippen molar-refractivity contribution in [3.63, 3.8) is 0 Å². The molecule has 1 fully saturated rings. The van der Waals surface area contributed by atoms with Crippen molar-refractivity contribution >= 4 is 15.7 Å². The summed E-state index contributed by atoms with van der Waals surface area (Å²) in [5.74, 6) is 0.617. The molecule has 5 heteroatoms. The van der Waals surface area contributed by atoms with Gasteiger partial charge in [0.25, 0.3) is 0 Å². The summed E-state index contributed by atoms with van der Waals surface area (Å²) in [5, 5.41) is 0. The van der Waals surface area contributed by atoms with Crippen LogP contribution in [0.5, 0.6) is 0 Å². The second-order valence-corrected chi connectivity index (χ2v) is 8.39. The Morgan fingerprint density at radius 2 is 1.95 bits per heavy atom. The molecule has 2 rings (SSSR count). The van der Waals surface area contributed by atoms with E-state index in [-0.39, 0.29) is 29.4 Å². The molecule has 1 amide bonds. The van der Waals surface area contributed by atoms with Gasteiger partial charge in [-0.3, -0.25) is 4.79 Å². The Morgan fingerprint density at radius 1 is 1.29 bits per heavy atom. The maximum Gasteiger partial charge on any atom is 0.223 e. The van der Waals surface area contributed by atoms with Crippen LogP contribution in [0.1, 0.15) is 32.3 Å². The molecule has 0 spiro atoms. The van der Waals surface area contributed by atoms with E-state index in [9.17, 15) is 13.2 Å². The average Bonchev–Trinajstić information content (AvgIpc) is 2.76. The van der Waals surface area contributed by atoms with Crippen molar-refractivity contribution in [2.24, 2.45) is 5.92 Å². The van der Waals surface area contributed by atoms with Gasteiger partial charge in [-0.05, 0) is 17.9 Å². The van der Waals surface area contributed by atoms with Crippen LogP contribution in [-0.2, 0) is 21.2 Å². The molecule has 1 unspecified atom stereocenters. The fraction of sp³-hybridized carbons (Fsp3) is 0.562. The second-order valence-electron chi connectivity index (χ2n) is 6.16. The highest BCUT2D eigenvalue weighted by molar-refractivity contribution is 7.91. The lowest BCUT2D eigenvalue weighted by molar-refractivity contribution is -0.134. The Balaban J connectivity index is 2.16. The predicted octanol–water partition coefficient (Wildman–Crippen LogP) is 2.25. The van der Waals surface area contributed by atoms with Gasteiger partial charge in [-0.2, -0.15) is 0 Å². The van der Waals surface area contributed by atoms with Gasteiger partial charge in [0.05, 0.1) is 11.5 Å². The normalized spacial score (nSPS) is 20.6. The molecule has 1 aromatic carbocycles. The Hall–Kier alpha value is -1.36. The van der Waals surface area contributed by atoms with Crippen LogP contribution in [0.3, 0.4) is 0 Å². The molecule has 21 heavy (non-hydrogen) atoms. The predicted molar refractivity (Wildman–Crippen MR) is 83.5 cm³/mol. The van der Waals surface area contributed by atoms with Crippen molar-refractivity contribution in [1.29, 1.82) is 0 Å². The van der Waals surface area contributed by atoms with Crippen LogP contribution in [0.4, 0.5) is 0 Å². The number of amides is 1. The van der Waals surface area contributed by atoms with Crippen molar-refractivity contribution < 1.29 is 13.2 Å². The smallest absolute Gasteiger partial charge is 0.223 e. The zero-order valence-corrected chi connectivity index (χ0v) is 13.5. The van der Waals surface area contributed by atoms with Crippen molar-refractivity contribution in [3.8, 4) is 0 Å². The van der Waals surface area contributed by atoms with E-state index in [4.69, 9.17) is 0 Å². The van der Waals surface area contributed by atoms with Crippen LogP contribution in [0, 0.1) is 5.92 Å². The first-order valence-corrected chi connectivity index (χ1v) is 9.23. The molecule has 0 bridgehead atoms. The molecule has 1 saturated heterocycles. The molecule has 0 radical (unpaired) electrons. The molecule has 0 aromatic heterocycles. The summed E-state index contributed by atoms with van der Waals surface area (Å²) in [6, 6.07) is 9.57. The first-order chi connectivity index (χ1) is 9.87. The van der Waals surface area contributed by atoms with Crippen molar-refractivity contribution in [3.05, 3.63) is 35.9 Å². The maximum absolute atomic E-state index is 12.5. The number of rotatable bonds is 5. The third kappa shape index (κ3) is 4.56. The molecule has 1 aromatic rings. The van der Waals surface area contributed by atoms with Crippen molar-refractivity contribution in [1.82, 2.24) is 4.90 Å². The molecule has 4 nitrogen and oxygen atoms in total. The summed E-state index contributed by atoms with van der Waals surface area (Å²) < 4.78 is 23.4. The molecule has 0 saturated carbocycles. The van der Waals surface area contributed by atoms with Crippen LogP contribution in [0.25, 0.3) is 0 Å². The van der Waals surface area contributed by atoms with E-state index in [2.05, 4.69) is 0 Å². The number of carbonyl (C=O) groups excluding carboxylic acids is 1. The van der Waals surface area contributed by atoms with Crippen LogP contribution in [0.2, 0.25) is 0 Å². The highest BCUT2D eigenvalue weighted by atomic mass is 32.2. The Kier molecular flexibility index (Phi) is 5.04. The number of carbonyl (C=O) groups is 1. The monoisotopic (exact) mass is 309 g/mol. The summed E-state index contributed by atoms with van der Waals surface area (Å²) in [6.07, 6.45) is 1.02. The Morgan fingerprint density at radius 3 is 2.48 bits per heavy atom. The minimum atomic E-state index is -2.99. The average molecular weight is 309 g/mol. The summed E-state index contributed by atoms with van der Waals surface area (Å²) in [7, 11) is -2.99. The molecular formula is C16H23NO3S. The van der Waals surface area contributed by atoms with Crippen LogP contribution in [-0.4, -0.2) is 36.8 Å². The van der Waals surface area contributed by atoms with E-state index in [1.807, 2.05) is 44.2 Å². The van der Waals surface area contributed by atoms with Gasteiger partial charge < -0.3 is 4.90 Å². The first-order valence-electron chi connectivity index (χ1n) is 7.41. The van der Waals surface area contributed by atoms with Gasteiger partial charge >= 0.3 is 0 Å². The largest absolute Gasteiger partial charge is 0.334 e. The standard InChI is InChI=1S/C16H23NO3S/c1-13(2)10-16(18)17(11-14-6-4-3-5-7-14)15-8-9-21(19,20)12-15/h3-7,13,15H,8-12H2,1-2H3. The molecule has 1 aliphatic rings. The zero-order valence-electron chi connectivity index (χ0n) is 12.7. The SMILES string of the molecule is CC(C)CC(=O)N(Cc1ccccc1)C1CCS(=O)(=O)C1. The minimum absolute atomic E-state index is 0.0518. The topological polar surface area (TPSA) is 54.5 Å². The van der Waals surface area contributed by atoms with Gasteiger partial charge in [-0.1, -0.05) is 44.2 Å². The summed E-state index contributed by atoms with van der Waals surface area (Å²) in [6.45, 7) is 4.50. The zero-order chi connectivity index (χ0) is 15.5. The maximum atomic E-state index is 12.5. The third-order valence-corrected chi connectivity index (χ3v) is 5.50. The quantitative estimate of drug-likeness (QED) is 0.838. The number of benzene rings is 1. The van der Waals surface area contributed by atoms with Gasteiger partial charge in [0.15, 0.2) is 9.84 Å². The number of hydrogen-bond donors (Lipinski definition) is 0. The highest BCUT2D eigenvalue weighted by Crippen LogP contribution is 2.22. The summed E-state index contributed by atoms with van der Waals surface area (Å²) in [5.41, 5.74) is 1.04. The van der Waals surface area contributed by atoms with Gasteiger partial charge in [-0.15, -0.1) is 0 Å². The van der Waals surface area contributed by atoms with Gasteiger partial charge in [-0.25, -0.2) is 8.42 Å². The van der Waals surface area contributed by atoms with Gasteiger partial charge in [0.2, 0.25) is 5.91 Å². The van der Waals surface area contributed by atoms with Crippen molar-refractivity contribution in [2.45, 2.75) is 39.3 Å². The molecular weight excluding hydrogens is 286 g/mol. The van der Waals surface area contributed by atoms with E-state index in [1.54, 1.807) is 4.90 Å². The molecule has 116 valence electrons. The Labute approximate surface area is 127 Å². The van der Waals surface area contributed by atoms with Gasteiger partial charge in [0.1, 0.15) is 0 Å². The van der Waals surface area contributed by atoms with E-state index >= 15 is 0 Å². The lowest BCUT2D eigenvalue weighted by atomic mass is 10.1. The summed E-state index contributed by atoms with van der Waals surface area (Å²) in [4.78, 5) is 14.3. The minimum Gasteiger partial charge on any atom is -0.334 e. The molecule has 1 atom stereocenters. The number of hydrogen-bond acceptors (Lipinski definition) is 3.